The molecule has 1 radical (unpaired) electrons. The van der Waals surface area contributed by atoms with E-state index < -0.39 is 23.9 Å². The van der Waals surface area contributed by atoms with Crippen molar-refractivity contribution >= 4 is 55.3 Å². The number of hydrogen-bond donors (Lipinski definition) is 2. The van der Waals surface area contributed by atoms with Crippen molar-refractivity contribution in [2.24, 2.45) is 0 Å². The number of hydrogen-bond acceptors (Lipinski definition) is 8. The van der Waals surface area contributed by atoms with E-state index in [1.807, 2.05) is 0 Å². The fraction of sp³-hybridized carbons (Fsp3) is 0.182. The third-order valence-corrected chi connectivity index (χ3v) is 6.29. The summed E-state index contributed by atoms with van der Waals surface area (Å²) in [7, 11) is 2.98. The van der Waals surface area contributed by atoms with Crippen molar-refractivity contribution in [2.75, 3.05) is 14.2 Å². The molecule has 0 unspecified atom stereocenters. The maximum absolute atomic E-state index is 12.1. The molecule has 0 saturated heterocycles. The second-order valence-electron chi connectivity index (χ2n) is 6.83. The van der Waals surface area contributed by atoms with E-state index in [9.17, 15) is 26.3 Å². The normalized spacial score (nSPS) is 12.6. The van der Waals surface area contributed by atoms with E-state index in [0.29, 0.717) is 34.7 Å². The molecule has 2 aromatic heterocycles. The van der Waals surface area contributed by atoms with Crippen LogP contribution in [0.15, 0.2) is 47.9 Å². The van der Waals surface area contributed by atoms with Gasteiger partial charge in [-0.2, -0.15) is 26.3 Å². The minimum atomic E-state index is -4.75. The Balaban J connectivity index is 0.000000253. The van der Waals surface area contributed by atoms with Gasteiger partial charge in [0.25, 0.3) is 0 Å². The molecular formula is C22H16CoF6N2O4S2. The smallest absolute Gasteiger partial charge is 0.448 e. The number of fused-ring (bicyclic) bond motifs is 2. The molecular weight excluding hydrogens is 593 g/mol. The number of nitrogens with zero attached hydrogens (tertiary/aromatic N) is 2. The maximum Gasteiger partial charge on any atom is 0.448 e. The molecule has 201 valence electrons. The van der Waals surface area contributed by atoms with E-state index in [4.69, 9.17) is 19.7 Å². The van der Waals surface area contributed by atoms with Crippen LogP contribution >= 0.6 is 22.7 Å². The molecule has 0 aliphatic carbocycles. The number of halogens is 6. The van der Waals surface area contributed by atoms with Crippen LogP contribution in [0.4, 0.5) is 26.3 Å². The van der Waals surface area contributed by atoms with Crippen LogP contribution in [0.2, 0.25) is 0 Å². The summed E-state index contributed by atoms with van der Waals surface area (Å²) in [6, 6.07) is 10.0. The Morgan fingerprint density at radius 3 is 1.38 bits per heavy atom. The largest absolute Gasteiger partial charge is 0.504 e. The van der Waals surface area contributed by atoms with Crippen LogP contribution in [0.1, 0.15) is 10.0 Å². The van der Waals surface area contributed by atoms with Crippen molar-refractivity contribution in [3.05, 3.63) is 57.9 Å². The monoisotopic (exact) mass is 609 g/mol. The van der Waals surface area contributed by atoms with E-state index in [1.165, 1.54) is 14.2 Å². The number of aliphatic hydroxyl groups is 2. The summed E-state index contributed by atoms with van der Waals surface area (Å²) in [6.45, 7) is 0. The number of aromatic nitrogens is 2. The summed E-state index contributed by atoms with van der Waals surface area (Å²) in [5.74, 6) is -2.17. The van der Waals surface area contributed by atoms with E-state index in [0.717, 1.165) is 32.1 Å². The molecule has 4 rings (SSSR count). The summed E-state index contributed by atoms with van der Waals surface area (Å²) in [5.41, 5.74) is 1.06. The molecule has 0 aliphatic rings. The first-order valence-electron chi connectivity index (χ1n) is 9.65. The fourth-order valence-electron chi connectivity index (χ4n) is 2.63. The number of aliphatic hydroxyl groups excluding tert-OH is 2. The molecule has 0 bridgehead atoms. The zero-order valence-electron chi connectivity index (χ0n) is 18.6. The predicted molar refractivity (Wildman–Crippen MR) is 126 cm³/mol. The van der Waals surface area contributed by atoms with Crippen molar-refractivity contribution in [1.82, 2.24) is 9.97 Å². The first-order valence-corrected chi connectivity index (χ1v) is 11.3. The van der Waals surface area contributed by atoms with E-state index in [1.54, 1.807) is 36.4 Å². The van der Waals surface area contributed by atoms with Gasteiger partial charge in [-0.3, -0.25) is 0 Å². The summed E-state index contributed by atoms with van der Waals surface area (Å²) >= 11 is 2.12. The summed E-state index contributed by atoms with van der Waals surface area (Å²) in [4.78, 5) is 7.95. The Kier molecular flexibility index (Phi) is 9.82. The third-order valence-electron chi connectivity index (χ3n) is 4.32. The van der Waals surface area contributed by atoms with Crippen LogP contribution in [0.3, 0.4) is 0 Å². The molecule has 37 heavy (non-hydrogen) atoms. The Morgan fingerprint density at radius 2 is 1.08 bits per heavy atom. The standard InChI is InChI=1S/2C11H8F3NO2S.Co/c2*1-17-6-2-3-8-7(4-6)15-10(18-8)5-9(16)11(12,13)14;/h2*2-5,16H,1H3;. The van der Waals surface area contributed by atoms with Gasteiger partial charge in [0.1, 0.15) is 21.5 Å². The summed E-state index contributed by atoms with van der Waals surface area (Å²) in [6.07, 6.45) is -8.29. The van der Waals surface area contributed by atoms with E-state index in [2.05, 4.69) is 9.97 Å². The second-order valence-corrected chi connectivity index (χ2v) is 8.95. The van der Waals surface area contributed by atoms with Gasteiger partial charge in [0, 0.05) is 41.1 Å². The van der Waals surface area contributed by atoms with Gasteiger partial charge in [-0.25, -0.2) is 9.97 Å². The molecule has 2 heterocycles. The van der Waals surface area contributed by atoms with Crippen LogP contribution in [0.5, 0.6) is 11.5 Å². The molecule has 0 spiro atoms. The third kappa shape index (κ3) is 7.98. The Bertz CT molecular complexity index is 1320. The molecule has 4 aromatic rings. The molecule has 0 fully saturated rings. The number of rotatable bonds is 4. The number of methoxy groups -OCH3 is 2. The van der Waals surface area contributed by atoms with Crippen molar-refractivity contribution in [3.8, 4) is 11.5 Å². The van der Waals surface area contributed by atoms with Gasteiger partial charge in [0.05, 0.1) is 34.7 Å². The average Bonchev–Trinajstić information content (AvgIpc) is 3.39. The van der Waals surface area contributed by atoms with Gasteiger partial charge >= 0.3 is 12.4 Å². The number of ether oxygens (including phenoxy) is 2. The molecule has 0 amide bonds. The topological polar surface area (TPSA) is 84.7 Å². The van der Waals surface area contributed by atoms with Crippen LogP contribution in [0.25, 0.3) is 32.6 Å². The first kappa shape index (κ1) is 30.2. The van der Waals surface area contributed by atoms with Crippen molar-refractivity contribution in [3.63, 3.8) is 0 Å². The van der Waals surface area contributed by atoms with Gasteiger partial charge in [-0.1, -0.05) is 0 Å². The summed E-state index contributed by atoms with van der Waals surface area (Å²) < 4.78 is 84.3. The SMILES string of the molecule is COc1ccc2sc(C=C(O)C(F)(F)F)nc2c1.COc1ccc2sc(C=C(O)C(F)(F)F)nc2c1.[Co]. The van der Waals surface area contributed by atoms with Crippen LogP contribution in [-0.2, 0) is 16.8 Å². The Hall–Kier alpha value is -3.01. The van der Waals surface area contributed by atoms with Crippen molar-refractivity contribution in [1.29, 1.82) is 0 Å². The number of benzene rings is 2. The second kappa shape index (κ2) is 12.0. The van der Waals surface area contributed by atoms with Crippen LogP contribution in [0, 0.1) is 0 Å². The maximum atomic E-state index is 12.1. The minimum absolute atomic E-state index is 0. The van der Waals surface area contributed by atoms with Gasteiger partial charge in [0.2, 0.25) is 11.5 Å². The molecule has 0 aliphatic heterocycles. The Morgan fingerprint density at radius 1 is 0.730 bits per heavy atom. The predicted octanol–water partition coefficient (Wildman–Crippen LogP) is 7.53. The first-order chi connectivity index (χ1) is 16.8. The number of thiazole rings is 2. The molecule has 0 atom stereocenters. The van der Waals surface area contributed by atoms with Gasteiger partial charge in [0.15, 0.2) is 0 Å². The van der Waals surface area contributed by atoms with E-state index in [-0.39, 0.29) is 26.8 Å². The Labute approximate surface area is 223 Å². The van der Waals surface area contributed by atoms with Crippen molar-refractivity contribution in [2.45, 2.75) is 12.4 Å². The fourth-order valence-corrected chi connectivity index (χ4v) is 4.40. The van der Waals surface area contributed by atoms with Gasteiger partial charge in [-0.05, 0) is 24.3 Å². The molecule has 2 aromatic carbocycles. The van der Waals surface area contributed by atoms with Gasteiger partial charge in [-0.15, -0.1) is 22.7 Å². The number of alkyl halides is 6. The summed E-state index contributed by atoms with van der Waals surface area (Å²) in [5, 5.41) is 17.9. The van der Waals surface area contributed by atoms with Crippen LogP contribution in [-0.4, -0.2) is 46.8 Å². The van der Waals surface area contributed by atoms with E-state index >= 15 is 0 Å². The quantitative estimate of drug-likeness (QED) is 0.184. The molecule has 15 heteroatoms. The average molecular weight is 609 g/mol. The zero-order chi connectivity index (χ0) is 26.7. The molecule has 6 nitrogen and oxygen atoms in total. The van der Waals surface area contributed by atoms with Gasteiger partial charge < -0.3 is 19.7 Å². The zero-order valence-corrected chi connectivity index (χ0v) is 21.3. The number of allylic oxidation sites excluding steroid dienone is 2. The van der Waals surface area contributed by atoms with Crippen LogP contribution < -0.4 is 9.47 Å². The minimum Gasteiger partial charge on any atom is -0.504 e. The molecule has 2 N–H and O–H groups in total. The van der Waals surface area contributed by atoms with Crippen molar-refractivity contribution < 1.29 is 62.8 Å². The molecule has 0 saturated carbocycles.